The van der Waals surface area contributed by atoms with Gasteiger partial charge in [0.2, 0.25) is 0 Å². The summed E-state index contributed by atoms with van der Waals surface area (Å²) >= 11 is 0. The van der Waals surface area contributed by atoms with E-state index in [1.54, 1.807) is 0 Å². The molecule has 0 atom stereocenters. The summed E-state index contributed by atoms with van der Waals surface area (Å²) in [7, 11) is 19.6. The van der Waals surface area contributed by atoms with Crippen molar-refractivity contribution in [3.05, 3.63) is 0 Å². The maximum atomic E-state index is 5.59. The van der Waals surface area contributed by atoms with Crippen molar-refractivity contribution in [3.8, 4) is 0 Å². The number of rotatable bonds is 7. The van der Waals surface area contributed by atoms with Crippen LogP contribution >= 0.6 is 15.0 Å². The van der Waals surface area contributed by atoms with Crippen LogP contribution in [0.1, 0.15) is 6.92 Å². The molecule has 0 aromatic carbocycles. The molecule has 0 amide bonds. The fourth-order valence-electron chi connectivity index (χ4n) is 2.86. The smallest absolute Gasteiger partial charge is 0.252 e. The Morgan fingerprint density at radius 1 is 0.682 bits per heavy atom. The van der Waals surface area contributed by atoms with Crippen molar-refractivity contribution in [3.63, 3.8) is 0 Å². The molecule has 0 unspecified atom stereocenters. The molecule has 0 aromatic heterocycles. The molecule has 0 fully saturated rings. The predicted molar refractivity (Wildman–Crippen MR) is 101 cm³/mol. The second-order valence-electron chi connectivity index (χ2n) is 6.37. The number of hydrogen-bond donors (Lipinski definition) is 0. The minimum Gasteiger partial charge on any atom is -0.252 e. The molecule has 0 saturated carbocycles. The topological polar surface area (TPSA) is 31.6 Å². The molecule has 134 valence electrons. The third-order valence-corrected chi connectivity index (χ3v) is 12.3. The van der Waals surface area contributed by atoms with Gasteiger partial charge in [-0.3, -0.25) is 14.0 Å². The molecule has 0 aliphatic carbocycles. The molecular formula is C13H38N7P2+. The first-order valence-corrected chi connectivity index (χ1v) is 10.7. The van der Waals surface area contributed by atoms with Gasteiger partial charge in [0.05, 0.1) is 0 Å². The van der Waals surface area contributed by atoms with Crippen LogP contribution in [0.15, 0.2) is 4.52 Å². The summed E-state index contributed by atoms with van der Waals surface area (Å²) < 4.78 is 19.4. The highest BCUT2D eigenvalue weighted by Gasteiger charge is 2.41. The highest BCUT2D eigenvalue weighted by Crippen LogP contribution is 2.67. The van der Waals surface area contributed by atoms with E-state index in [1.165, 1.54) is 0 Å². The van der Waals surface area contributed by atoms with Gasteiger partial charge in [-0.1, -0.05) is 0 Å². The van der Waals surface area contributed by atoms with Gasteiger partial charge in [-0.15, -0.1) is 0 Å². The molecule has 22 heavy (non-hydrogen) atoms. The fraction of sp³-hybridized carbons (Fsp3) is 1.00. The van der Waals surface area contributed by atoms with Crippen molar-refractivity contribution in [2.75, 3.05) is 84.1 Å². The average Bonchev–Trinajstić information content (AvgIpc) is 2.37. The highest BCUT2D eigenvalue weighted by atomic mass is 31.2. The van der Waals surface area contributed by atoms with E-state index in [0.717, 1.165) is 6.54 Å². The van der Waals surface area contributed by atoms with Crippen molar-refractivity contribution in [2.24, 2.45) is 4.52 Å². The van der Waals surface area contributed by atoms with Crippen LogP contribution in [-0.4, -0.2) is 112 Å². The maximum absolute atomic E-state index is 5.59. The van der Waals surface area contributed by atoms with Gasteiger partial charge in [-0.05, 0) is 77.4 Å². The van der Waals surface area contributed by atoms with Crippen LogP contribution in [0.25, 0.3) is 0 Å². The van der Waals surface area contributed by atoms with Crippen LogP contribution in [0, 0.1) is 0 Å². The van der Waals surface area contributed by atoms with E-state index in [-0.39, 0.29) is 0 Å². The molecule has 0 rings (SSSR count). The van der Waals surface area contributed by atoms with Crippen LogP contribution in [0.5, 0.6) is 0 Å². The van der Waals surface area contributed by atoms with E-state index >= 15 is 0 Å². The van der Waals surface area contributed by atoms with Crippen LogP contribution in [0.4, 0.5) is 0 Å². The van der Waals surface area contributed by atoms with Crippen LogP contribution in [0.2, 0.25) is 0 Å². The maximum Gasteiger partial charge on any atom is 0.357 e. The summed E-state index contributed by atoms with van der Waals surface area (Å²) in [6.45, 7) is 3.15. The van der Waals surface area contributed by atoms with E-state index in [0.29, 0.717) is 0 Å². The summed E-state index contributed by atoms with van der Waals surface area (Å²) in [5.74, 6) is 0. The van der Waals surface area contributed by atoms with Gasteiger partial charge >= 0.3 is 7.51 Å². The number of hydrogen-bond acceptors (Lipinski definition) is 0. The summed E-state index contributed by atoms with van der Waals surface area (Å²) in [6.07, 6.45) is 0. The van der Waals surface area contributed by atoms with E-state index in [1.807, 2.05) is 0 Å². The van der Waals surface area contributed by atoms with E-state index < -0.39 is 15.0 Å². The van der Waals surface area contributed by atoms with Crippen molar-refractivity contribution >= 4 is 15.0 Å². The van der Waals surface area contributed by atoms with Crippen molar-refractivity contribution in [1.29, 1.82) is 0 Å². The summed E-state index contributed by atoms with van der Waals surface area (Å²) in [5.41, 5.74) is 0. The Labute approximate surface area is 138 Å². The molecule has 0 radical (unpaired) electrons. The zero-order chi connectivity index (χ0) is 17.9. The van der Waals surface area contributed by atoms with Gasteiger partial charge < -0.3 is 0 Å². The standard InChI is InChI=1S/C13H38N7P2/c1-13-20(12)22(18(8)9,19(10)11)14-21(15(2)3,16(4)5)17(6)7/h13H2,1-12H3/q+1. The lowest BCUT2D eigenvalue weighted by Gasteiger charge is -2.43. The molecule has 0 spiro atoms. The molecule has 7 nitrogen and oxygen atoms in total. The van der Waals surface area contributed by atoms with Crippen LogP contribution < -0.4 is 0 Å². The third kappa shape index (κ3) is 3.84. The van der Waals surface area contributed by atoms with Gasteiger partial charge in [0, 0.05) is 0 Å². The Bertz CT molecular complexity index is 426. The van der Waals surface area contributed by atoms with Crippen LogP contribution in [0.3, 0.4) is 0 Å². The van der Waals surface area contributed by atoms with Crippen molar-refractivity contribution < 1.29 is 4.33 Å². The van der Waals surface area contributed by atoms with Crippen molar-refractivity contribution in [2.45, 2.75) is 6.92 Å². The van der Waals surface area contributed by atoms with E-state index in [9.17, 15) is 0 Å². The Morgan fingerprint density at radius 2 is 1.00 bits per heavy atom. The molecule has 0 aliphatic heterocycles. The SMILES string of the molecule is CC[N+](C)=P(N=P(N(C)C)(N(C)C)N(C)C)(N(C)C)N(C)C. The molecule has 0 heterocycles. The van der Waals surface area contributed by atoms with Gasteiger partial charge in [0.15, 0.2) is 7.51 Å². The monoisotopic (exact) mass is 354 g/mol. The minimum atomic E-state index is -1.96. The second kappa shape index (κ2) is 8.39. The summed E-state index contributed by atoms with van der Waals surface area (Å²) in [6, 6.07) is 0. The fourth-order valence-corrected chi connectivity index (χ4v) is 12.4. The Hall–Kier alpha value is 0.260. The lowest BCUT2D eigenvalue weighted by atomic mass is 10.8. The zero-order valence-corrected chi connectivity index (χ0v) is 18.5. The quantitative estimate of drug-likeness (QED) is 0.655. The summed E-state index contributed by atoms with van der Waals surface area (Å²) in [5, 5.41) is 0. The van der Waals surface area contributed by atoms with E-state index in [4.69, 9.17) is 4.52 Å². The van der Waals surface area contributed by atoms with Crippen LogP contribution in [-0.2, 0) is 0 Å². The second-order valence-corrected chi connectivity index (χ2v) is 13.9. The van der Waals surface area contributed by atoms with Gasteiger partial charge in [0.25, 0.3) is 0 Å². The molecule has 0 aliphatic rings. The first kappa shape index (κ1) is 22.3. The average molecular weight is 354 g/mol. The van der Waals surface area contributed by atoms with E-state index in [2.05, 4.69) is 112 Å². The van der Waals surface area contributed by atoms with Gasteiger partial charge in [0.1, 0.15) is 13.6 Å². The molecular weight excluding hydrogens is 316 g/mol. The molecule has 0 N–H and O–H groups in total. The normalized spacial score (nSPS) is 13.9. The van der Waals surface area contributed by atoms with Gasteiger partial charge in [-0.2, -0.15) is 4.52 Å². The molecule has 0 aromatic rings. The summed E-state index contributed by atoms with van der Waals surface area (Å²) in [4.78, 5) is 0. The Balaban J connectivity index is 7.02. The van der Waals surface area contributed by atoms with Crippen molar-refractivity contribution in [1.82, 2.24) is 23.4 Å². The molecule has 0 bridgehead atoms. The number of nitrogens with zero attached hydrogens (tertiary/aromatic N) is 7. The highest BCUT2D eigenvalue weighted by molar-refractivity contribution is 7.70. The predicted octanol–water partition coefficient (Wildman–Crippen LogP) is 2.35. The first-order chi connectivity index (χ1) is 9.91. The third-order valence-electron chi connectivity index (χ3n) is 3.84. The Kier molecular flexibility index (Phi) is 8.48. The molecule has 0 saturated heterocycles. The Morgan fingerprint density at radius 3 is 1.18 bits per heavy atom. The van der Waals surface area contributed by atoms with Gasteiger partial charge in [-0.25, -0.2) is 13.7 Å². The zero-order valence-electron chi connectivity index (χ0n) is 16.7. The lowest BCUT2D eigenvalue weighted by Crippen LogP contribution is -2.33. The minimum absolute atomic E-state index is 0.960. The largest absolute Gasteiger partial charge is 0.357 e. The lowest BCUT2D eigenvalue weighted by molar-refractivity contribution is -0.479. The molecule has 9 heteroatoms. The first-order valence-electron chi connectivity index (χ1n) is 7.54.